The average molecular weight is 252 g/mol. The lowest BCUT2D eigenvalue weighted by molar-refractivity contribution is -0.144. The van der Waals surface area contributed by atoms with Gasteiger partial charge in [0.1, 0.15) is 11.3 Å². The SMILES string of the molecule is C[C@@H](Oc1ccc(Cl)c2cccnc12)C(=O)O. The zero-order chi connectivity index (χ0) is 12.4. The number of carboxylic acid groups (broad SMARTS) is 1. The van der Waals surface area contributed by atoms with Gasteiger partial charge in [-0.3, -0.25) is 4.98 Å². The van der Waals surface area contributed by atoms with E-state index in [0.29, 0.717) is 16.3 Å². The fourth-order valence-corrected chi connectivity index (χ4v) is 1.66. The highest BCUT2D eigenvalue weighted by atomic mass is 35.5. The molecular weight excluding hydrogens is 242 g/mol. The molecule has 1 aromatic carbocycles. The molecule has 0 spiro atoms. The van der Waals surface area contributed by atoms with Crippen molar-refractivity contribution >= 4 is 28.5 Å². The first kappa shape index (κ1) is 11.7. The summed E-state index contributed by atoms with van der Waals surface area (Å²) in [7, 11) is 0. The topological polar surface area (TPSA) is 59.4 Å². The van der Waals surface area contributed by atoms with E-state index >= 15 is 0 Å². The molecule has 0 saturated heterocycles. The van der Waals surface area contributed by atoms with E-state index in [4.69, 9.17) is 21.4 Å². The van der Waals surface area contributed by atoms with Crippen LogP contribution in [0, 0.1) is 0 Å². The van der Waals surface area contributed by atoms with Gasteiger partial charge in [0.05, 0.1) is 5.02 Å². The number of aliphatic carboxylic acids is 1. The van der Waals surface area contributed by atoms with E-state index in [0.717, 1.165) is 5.39 Å². The second-order valence-electron chi connectivity index (χ2n) is 3.54. The Hall–Kier alpha value is -1.81. The number of halogens is 1. The van der Waals surface area contributed by atoms with Gasteiger partial charge in [0.25, 0.3) is 0 Å². The Balaban J connectivity index is 2.48. The van der Waals surface area contributed by atoms with Gasteiger partial charge in [-0.15, -0.1) is 0 Å². The number of carboxylic acids is 1. The molecule has 0 saturated carbocycles. The van der Waals surface area contributed by atoms with Gasteiger partial charge in [-0.05, 0) is 31.2 Å². The number of rotatable bonds is 3. The summed E-state index contributed by atoms with van der Waals surface area (Å²) in [6, 6.07) is 6.86. The van der Waals surface area contributed by atoms with Gasteiger partial charge in [-0.1, -0.05) is 11.6 Å². The smallest absolute Gasteiger partial charge is 0.344 e. The molecule has 0 aliphatic carbocycles. The molecule has 0 unspecified atom stereocenters. The lowest BCUT2D eigenvalue weighted by atomic mass is 10.2. The summed E-state index contributed by atoms with van der Waals surface area (Å²) in [5.41, 5.74) is 0.563. The zero-order valence-electron chi connectivity index (χ0n) is 9.05. The van der Waals surface area contributed by atoms with Crippen LogP contribution in [0.25, 0.3) is 10.9 Å². The molecule has 4 nitrogen and oxygen atoms in total. The number of ether oxygens (including phenoxy) is 1. The molecule has 88 valence electrons. The summed E-state index contributed by atoms with van der Waals surface area (Å²) in [6.45, 7) is 1.46. The van der Waals surface area contributed by atoms with E-state index < -0.39 is 12.1 Å². The van der Waals surface area contributed by atoms with Gasteiger partial charge in [0, 0.05) is 11.6 Å². The van der Waals surface area contributed by atoms with Crippen molar-refractivity contribution < 1.29 is 14.6 Å². The first-order valence-corrected chi connectivity index (χ1v) is 5.40. The largest absolute Gasteiger partial charge is 0.479 e. The monoisotopic (exact) mass is 251 g/mol. The normalized spacial score (nSPS) is 12.4. The molecule has 2 aromatic rings. The van der Waals surface area contributed by atoms with Crippen molar-refractivity contribution in [2.75, 3.05) is 0 Å². The predicted octanol–water partition coefficient (Wildman–Crippen LogP) is 2.74. The number of fused-ring (bicyclic) bond motifs is 1. The number of hydrogen-bond donors (Lipinski definition) is 1. The highest BCUT2D eigenvalue weighted by Gasteiger charge is 2.15. The van der Waals surface area contributed by atoms with Crippen molar-refractivity contribution in [2.45, 2.75) is 13.0 Å². The van der Waals surface area contributed by atoms with Crippen LogP contribution in [0.4, 0.5) is 0 Å². The molecule has 0 amide bonds. The molecule has 2 rings (SSSR count). The van der Waals surface area contributed by atoms with E-state index in [1.165, 1.54) is 6.92 Å². The van der Waals surface area contributed by atoms with Crippen LogP contribution in [-0.2, 0) is 4.79 Å². The first-order chi connectivity index (χ1) is 8.09. The third kappa shape index (κ3) is 2.31. The molecule has 17 heavy (non-hydrogen) atoms. The van der Waals surface area contributed by atoms with E-state index in [1.807, 2.05) is 6.07 Å². The maximum Gasteiger partial charge on any atom is 0.344 e. The molecule has 5 heteroatoms. The molecule has 0 aliphatic heterocycles. The van der Waals surface area contributed by atoms with Crippen LogP contribution in [0.3, 0.4) is 0 Å². The summed E-state index contributed by atoms with van der Waals surface area (Å²) in [5, 5.41) is 10.1. The zero-order valence-corrected chi connectivity index (χ0v) is 9.81. The van der Waals surface area contributed by atoms with Crippen LogP contribution in [0.15, 0.2) is 30.5 Å². The fourth-order valence-electron chi connectivity index (χ4n) is 1.45. The van der Waals surface area contributed by atoms with Crippen LogP contribution in [0.1, 0.15) is 6.92 Å². The Kier molecular flexibility index (Phi) is 3.15. The third-order valence-electron chi connectivity index (χ3n) is 2.33. The number of nitrogens with zero attached hydrogens (tertiary/aromatic N) is 1. The van der Waals surface area contributed by atoms with Crippen molar-refractivity contribution in [1.29, 1.82) is 0 Å². The Morgan fingerprint density at radius 1 is 1.47 bits per heavy atom. The van der Waals surface area contributed by atoms with E-state index in [2.05, 4.69) is 4.98 Å². The van der Waals surface area contributed by atoms with Crippen LogP contribution >= 0.6 is 11.6 Å². The van der Waals surface area contributed by atoms with Crippen molar-refractivity contribution in [3.8, 4) is 5.75 Å². The average Bonchev–Trinajstić information content (AvgIpc) is 2.33. The van der Waals surface area contributed by atoms with Crippen LogP contribution < -0.4 is 4.74 Å². The van der Waals surface area contributed by atoms with Crippen molar-refractivity contribution in [3.63, 3.8) is 0 Å². The molecule has 1 atom stereocenters. The van der Waals surface area contributed by atoms with Gasteiger partial charge in [-0.25, -0.2) is 4.79 Å². The molecule has 0 aliphatic rings. The van der Waals surface area contributed by atoms with Crippen molar-refractivity contribution in [1.82, 2.24) is 4.98 Å². The molecule has 1 heterocycles. The van der Waals surface area contributed by atoms with Gasteiger partial charge in [-0.2, -0.15) is 0 Å². The number of aromatic nitrogens is 1. The Bertz CT molecular complexity index is 571. The lowest BCUT2D eigenvalue weighted by Gasteiger charge is -2.12. The fraction of sp³-hybridized carbons (Fsp3) is 0.167. The quantitative estimate of drug-likeness (QED) is 0.911. The number of pyridine rings is 1. The second-order valence-corrected chi connectivity index (χ2v) is 3.95. The summed E-state index contributed by atoms with van der Waals surface area (Å²) in [6.07, 6.45) is 0.679. The Morgan fingerprint density at radius 3 is 2.94 bits per heavy atom. The van der Waals surface area contributed by atoms with E-state index in [9.17, 15) is 4.79 Å². The van der Waals surface area contributed by atoms with Gasteiger partial charge in [0.2, 0.25) is 0 Å². The molecule has 1 aromatic heterocycles. The van der Waals surface area contributed by atoms with Crippen molar-refractivity contribution in [3.05, 3.63) is 35.5 Å². The third-order valence-corrected chi connectivity index (χ3v) is 2.66. The first-order valence-electron chi connectivity index (χ1n) is 5.02. The minimum Gasteiger partial charge on any atom is -0.479 e. The minimum atomic E-state index is -1.02. The molecular formula is C12H10ClNO3. The molecule has 0 fully saturated rings. The van der Waals surface area contributed by atoms with E-state index in [-0.39, 0.29) is 0 Å². The van der Waals surface area contributed by atoms with Crippen LogP contribution in [0.5, 0.6) is 5.75 Å². The highest BCUT2D eigenvalue weighted by Crippen LogP contribution is 2.30. The van der Waals surface area contributed by atoms with Gasteiger partial charge >= 0.3 is 5.97 Å². The van der Waals surface area contributed by atoms with Crippen molar-refractivity contribution in [2.24, 2.45) is 0 Å². The molecule has 0 radical (unpaired) electrons. The summed E-state index contributed by atoms with van der Waals surface area (Å²) >= 11 is 6.02. The number of carbonyl (C=O) groups is 1. The minimum absolute atomic E-state index is 0.417. The number of hydrogen-bond acceptors (Lipinski definition) is 3. The predicted molar refractivity (Wildman–Crippen MR) is 64.5 cm³/mol. The Labute approximate surface area is 103 Å². The molecule has 1 N–H and O–H groups in total. The number of benzene rings is 1. The maximum atomic E-state index is 10.7. The van der Waals surface area contributed by atoms with Crippen LogP contribution in [-0.4, -0.2) is 22.2 Å². The highest BCUT2D eigenvalue weighted by molar-refractivity contribution is 6.35. The van der Waals surface area contributed by atoms with Crippen LogP contribution in [0.2, 0.25) is 5.02 Å². The maximum absolute atomic E-state index is 10.7. The Morgan fingerprint density at radius 2 is 2.24 bits per heavy atom. The lowest BCUT2D eigenvalue weighted by Crippen LogP contribution is -2.23. The second kappa shape index (κ2) is 4.59. The van der Waals surface area contributed by atoms with Gasteiger partial charge in [0.15, 0.2) is 6.10 Å². The molecule has 0 bridgehead atoms. The van der Waals surface area contributed by atoms with Gasteiger partial charge < -0.3 is 9.84 Å². The summed E-state index contributed by atoms with van der Waals surface area (Å²) < 4.78 is 5.32. The summed E-state index contributed by atoms with van der Waals surface area (Å²) in [5.74, 6) is -0.607. The van der Waals surface area contributed by atoms with E-state index in [1.54, 1.807) is 24.4 Å². The standard InChI is InChI=1S/C12H10ClNO3/c1-7(12(15)16)17-10-5-4-9(13)8-3-2-6-14-11(8)10/h2-7H,1H3,(H,15,16)/t7-/m1/s1. The summed E-state index contributed by atoms with van der Waals surface area (Å²) in [4.78, 5) is 14.9.